The van der Waals surface area contributed by atoms with Crippen LogP contribution in [0.25, 0.3) is 0 Å². The van der Waals surface area contributed by atoms with Gasteiger partial charge in [0.1, 0.15) is 11.9 Å². The van der Waals surface area contributed by atoms with Gasteiger partial charge in [-0.2, -0.15) is 18.4 Å². The fraction of sp³-hybridized carbons (Fsp3) is 0.269. The Morgan fingerprint density at radius 2 is 1.74 bits per heavy atom. The van der Waals surface area contributed by atoms with E-state index in [2.05, 4.69) is 4.90 Å². The predicted molar refractivity (Wildman–Crippen MR) is 124 cm³/mol. The molecule has 0 bridgehead atoms. The number of hydrogen-bond acceptors (Lipinski definition) is 3. The van der Waals surface area contributed by atoms with E-state index in [-0.39, 0.29) is 29.0 Å². The molecule has 1 atom stereocenters. The van der Waals surface area contributed by atoms with Crippen molar-refractivity contribution in [1.82, 2.24) is 4.90 Å². The van der Waals surface area contributed by atoms with E-state index in [0.29, 0.717) is 42.9 Å². The lowest BCUT2D eigenvalue weighted by atomic mass is 10.0. The molecule has 0 spiro atoms. The summed E-state index contributed by atoms with van der Waals surface area (Å²) in [6, 6.07) is 18.9. The lowest BCUT2D eigenvalue weighted by molar-refractivity contribution is -0.138. The van der Waals surface area contributed by atoms with Crippen LogP contribution in [0.15, 0.2) is 66.7 Å². The van der Waals surface area contributed by atoms with Crippen molar-refractivity contribution in [2.45, 2.75) is 31.7 Å². The van der Waals surface area contributed by atoms with Crippen LogP contribution in [-0.2, 0) is 19.3 Å². The minimum atomic E-state index is -4.48. The summed E-state index contributed by atoms with van der Waals surface area (Å²) >= 11 is 6.26. The van der Waals surface area contributed by atoms with Crippen LogP contribution < -0.4 is 4.90 Å². The largest absolute Gasteiger partial charge is 0.416 e. The molecule has 1 unspecified atom stereocenters. The first-order valence-electron chi connectivity index (χ1n) is 10.8. The van der Waals surface area contributed by atoms with Gasteiger partial charge in [-0.3, -0.25) is 4.90 Å². The number of nitriles is 1. The molecule has 34 heavy (non-hydrogen) atoms. The molecule has 0 aliphatic carbocycles. The maximum atomic E-state index is 14.1. The quantitative estimate of drug-likeness (QED) is 0.365. The standard InChI is InChI=1S/C26H22ClF4N3/c27-24-13-21(10-9-18(24)14-32)34(16-19-5-1-3-7-23(19)26(29,30)31)22-11-12-33(17-22)15-20-6-2-4-8-25(20)28/h1-10,13,22H,11-12,15-17H2. The molecule has 1 saturated heterocycles. The monoisotopic (exact) mass is 487 g/mol. The highest BCUT2D eigenvalue weighted by molar-refractivity contribution is 6.32. The Bertz CT molecular complexity index is 1210. The molecular formula is C26H22ClF4N3. The van der Waals surface area contributed by atoms with Crippen molar-refractivity contribution in [3.63, 3.8) is 0 Å². The summed E-state index contributed by atoms with van der Waals surface area (Å²) < 4.78 is 55.1. The van der Waals surface area contributed by atoms with E-state index in [1.165, 1.54) is 18.2 Å². The lowest BCUT2D eigenvalue weighted by Gasteiger charge is -2.32. The average molecular weight is 488 g/mol. The van der Waals surface area contributed by atoms with Crippen molar-refractivity contribution in [2.24, 2.45) is 0 Å². The van der Waals surface area contributed by atoms with Crippen molar-refractivity contribution >= 4 is 17.3 Å². The number of alkyl halides is 3. The van der Waals surface area contributed by atoms with Crippen LogP contribution in [0.3, 0.4) is 0 Å². The first-order chi connectivity index (χ1) is 16.3. The van der Waals surface area contributed by atoms with E-state index in [4.69, 9.17) is 11.6 Å². The third-order valence-corrected chi connectivity index (χ3v) is 6.42. The highest BCUT2D eigenvalue weighted by Crippen LogP contribution is 2.35. The fourth-order valence-electron chi connectivity index (χ4n) is 4.40. The number of likely N-dealkylation sites (tertiary alicyclic amines) is 1. The van der Waals surface area contributed by atoms with Gasteiger partial charge >= 0.3 is 6.18 Å². The van der Waals surface area contributed by atoms with Gasteiger partial charge in [-0.1, -0.05) is 48.0 Å². The Morgan fingerprint density at radius 1 is 1.03 bits per heavy atom. The second-order valence-corrected chi connectivity index (χ2v) is 8.73. The van der Waals surface area contributed by atoms with Gasteiger partial charge in [0.25, 0.3) is 0 Å². The molecule has 1 aliphatic rings. The molecule has 8 heteroatoms. The second kappa shape index (κ2) is 10.0. The maximum Gasteiger partial charge on any atom is 0.416 e. The van der Waals surface area contributed by atoms with Crippen LogP contribution in [0, 0.1) is 17.1 Å². The molecule has 3 nitrogen and oxygen atoms in total. The zero-order valence-corrected chi connectivity index (χ0v) is 19.0. The molecule has 0 radical (unpaired) electrons. The summed E-state index contributed by atoms with van der Waals surface area (Å²) in [5.74, 6) is -0.277. The van der Waals surface area contributed by atoms with Crippen LogP contribution in [0.4, 0.5) is 23.2 Å². The number of hydrogen-bond donors (Lipinski definition) is 0. The van der Waals surface area contributed by atoms with Crippen LogP contribution >= 0.6 is 11.6 Å². The van der Waals surface area contributed by atoms with Crippen molar-refractivity contribution < 1.29 is 17.6 Å². The average Bonchev–Trinajstić information content (AvgIpc) is 3.27. The topological polar surface area (TPSA) is 30.3 Å². The van der Waals surface area contributed by atoms with Gasteiger partial charge in [0.2, 0.25) is 0 Å². The first-order valence-corrected chi connectivity index (χ1v) is 11.2. The Hall–Kier alpha value is -3.08. The zero-order valence-electron chi connectivity index (χ0n) is 18.2. The second-order valence-electron chi connectivity index (χ2n) is 8.33. The van der Waals surface area contributed by atoms with Gasteiger partial charge in [0.15, 0.2) is 0 Å². The van der Waals surface area contributed by atoms with E-state index < -0.39 is 11.7 Å². The Morgan fingerprint density at radius 3 is 2.41 bits per heavy atom. The van der Waals surface area contributed by atoms with Gasteiger partial charge < -0.3 is 4.90 Å². The summed E-state index contributed by atoms with van der Waals surface area (Å²) in [6.45, 7) is 1.68. The van der Waals surface area contributed by atoms with Crippen molar-refractivity contribution in [1.29, 1.82) is 5.26 Å². The third-order valence-electron chi connectivity index (χ3n) is 6.11. The number of halogens is 5. The zero-order chi connectivity index (χ0) is 24.3. The van der Waals surface area contributed by atoms with E-state index >= 15 is 0 Å². The lowest BCUT2D eigenvalue weighted by Crippen LogP contribution is -2.37. The molecule has 3 aromatic rings. The van der Waals surface area contributed by atoms with Crippen LogP contribution in [0.2, 0.25) is 5.02 Å². The Balaban J connectivity index is 1.64. The van der Waals surface area contributed by atoms with Crippen molar-refractivity contribution in [3.05, 3.63) is 99.8 Å². The number of benzene rings is 3. The van der Waals surface area contributed by atoms with Gasteiger partial charge in [0.05, 0.1) is 16.1 Å². The van der Waals surface area contributed by atoms with E-state index in [9.17, 15) is 22.8 Å². The normalized spacial score (nSPS) is 16.4. The van der Waals surface area contributed by atoms with Gasteiger partial charge in [0, 0.05) is 43.5 Å². The van der Waals surface area contributed by atoms with Gasteiger partial charge in [-0.05, 0) is 42.3 Å². The molecular weight excluding hydrogens is 466 g/mol. The summed E-state index contributed by atoms with van der Waals surface area (Å²) in [5.41, 5.74) is 0.995. The first kappa shape index (κ1) is 24.1. The SMILES string of the molecule is N#Cc1ccc(N(Cc2ccccc2C(F)(F)F)C2CCN(Cc3ccccc3F)C2)cc1Cl. The third kappa shape index (κ3) is 5.35. The Kier molecular flexibility index (Phi) is 7.11. The van der Waals surface area contributed by atoms with E-state index in [0.717, 1.165) is 6.07 Å². The maximum absolute atomic E-state index is 14.1. The van der Waals surface area contributed by atoms with Crippen molar-refractivity contribution in [3.8, 4) is 6.07 Å². The summed E-state index contributed by atoms with van der Waals surface area (Å²) in [5, 5.41) is 9.45. The minimum Gasteiger partial charge on any atom is -0.363 e. The minimum absolute atomic E-state index is 0.0239. The van der Waals surface area contributed by atoms with E-state index in [1.807, 2.05) is 11.0 Å². The highest BCUT2D eigenvalue weighted by atomic mass is 35.5. The predicted octanol–water partition coefficient (Wildman–Crippen LogP) is 6.65. The molecule has 1 fully saturated rings. The van der Waals surface area contributed by atoms with E-state index in [1.54, 1.807) is 42.5 Å². The summed E-state index contributed by atoms with van der Waals surface area (Å²) in [7, 11) is 0. The Labute approximate surface area is 200 Å². The molecule has 3 aromatic carbocycles. The number of anilines is 1. The van der Waals surface area contributed by atoms with Crippen molar-refractivity contribution in [2.75, 3.05) is 18.0 Å². The molecule has 1 heterocycles. The molecule has 0 N–H and O–H groups in total. The number of rotatable bonds is 6. The molecule has 0 amide bonds. The highest BCUT2D eigenvalue weighted by Gasteiger charge is 2.35. The van der Waals surface area contributed by atoms with Crippen LogP contribution in [0.5, 0.6) is 0 Å². The fourth-order valence-corrected chi connectivity index (χ4v) is 4.62. The summed E-state index contributed by atoms with van der Waals surface area (Å²) in [6.07, 6.45) is -3.78. The molecule has 1 aliphatic heterocycles. The summed E-state index contributed by atoms with van der Waals surface area (Å²) in [4.78, 5) is 4.00. The molecule has 0 aromatic heterocycles. The molecule has 176 valence electrons. The van der Waals surface area contributed by atoms with Gasteiger partial charge in [-0.25, -0.2) is 4.39 Å². The number of nitrogens with zero attached hydrogens (tertiary/aromatic N) is 3. The molecule has 4 rings (SSSR count). The van der Waals surface area contributed by atoms with Gasteiger partial charge in [-0.15, -0.1) is 0 Å². The molecule has 0 saturated carbocycles. The smallest absolute Gasteiger partial charge is 0.363 e. The van der Waals surface area contributed by atoms with Crippen LogP contribution in [0.1, 0.15) is 28.7 Å². The van der Waals surface area contributed by atoms with Crippen LogP contribution in [-0.4, -0.2) is 24.0 Å².